The van der Waals surface area contributed by atoms with Crippen molar-refractivity contribution >= 4 is 5.97 Å². The number of furan rings is 1. The van der Waals surface area contributed by atoms with E-state index in [4.69, 9.17) is 9.15 Å². The van der Waals surface area contributed by atoms with Crippen LogP contribution in [0.5, 0.6) is 0 Å². The van der Waals surface area contributed by atoms with Gasteiger partial charge in [-0.15, -0.1) is 0 Å². The number of esters is 1. The predicted molar refractivity (Wildman–Crippen MR) is 73.7 cm³/mol. The van der Waals surface area contributed by atoms with E-state index in [0.29, 0.717) is 5.76 Å². The first kappa shape index (κ1) is 14.1. The molecular weight excluding hydrogens is 256 g/mol. The highest BCUT2D eigenvalue weighted by Crippen LogP contribution is 2.23. The van der Waals surface area contributed by atoms with E-state index in [2.05, 4.69) is 0 Å². The van der Waals surface area contributed by atoms with Gasteiger partial charge in [0.2, 0.25) is 0 Å². The molecule has 0 saturated carbocycles. The van der Waals surface area contributed by atoms with Crippen molar-refractivity contribution in [2.75, 3.05) is 0 Å². The summed E-state index contributed by atoms with van der Waals surface area (Å²) in [5.74, 6) is -0.241. The maximum atomic E-state index is 12.0. The minimum Gasteiger partial charge on any atom is -0.466 e. The van der Waals surface area contributed by atoms with Crippen molar-refractivity contribution in [1.82, 2.24) is 0 Å². The number of aliphatic hydroxyl groups excluding tert-OH is 1. The molecule has 0 aliphatic carbocycles. The quantitative estimate of drug-likeness (QED) is 0.671. The van der Waals surface area contributed by atoms with E-state index in [1.807, 2.05) is 30.3 Å². The van der Waals surface area contributed by atoms with Gasteiger partial charge in [-0.2, -0.15) is 0 Å². The lowest BCUT2D eigenvalue weighted by atomic mass is 10.1. The summed E-state index contributed by atoms with van der Waals surface area (Å²) in [6.45, 7) is 1.84. The average Bonchev–Trinajstić information content (AvgIpc) is 3.01. The zero-order valence-corrected chi connectivity index (χ0v) is 11.2. The molecule has 4 nitrogen and oxygen atoms in total. The van der Waals surface area contributed by atoms with Gasteiger partial charge in [0.25, 0.3) is 0 Å². The van der Waals surface area contributed by atoms with Crippen molar-refractivity contribution < 1.29 is 19.1 Å². The molecule has 1 heterocycles. The summed E-state index contributed by atoms with van der Waals surface area (Å²) in [4.78, 5) is 12.0. The predicted octanol–water partition coefficient (Wildman–Crippen LogP) is 3.00. The highest BCUT2D eigenvalue weighted by atomic mass is 16.5. The molecule has 1 aromatic heterocycles. The van der Waals surface area contributed by atoms with E-state index in [1.165, 1.54) is 12.3 Å². The lowest BCUT2D eigenvalue weighted by Crippen LogP contribution is -2.14. The largest absolute Gasteiger partial charge is 0.466 e. The highest BCUT2D eigenvalue weighted by Gasteiger charge is 2.23. The molecule has 4 heteroatoms. The number of carbonyl (C=O) groups is 1. The molecule has 0 spiro atoms. The fraction of sp³-hybridized carbons (Fsp3) is 0.188. The van der Waals surface area contributed by atoms with Crippen molar-refractivity contribution in [1.29, 1.82) is 0 Å². The van der Waals surface area contributed by atoms with Crippen molar-refractivity contribution in [3.63, 3.8) is 0 Å². The zero-order valence-electron chi connectivity index (χ0n) is 11.2. The normalized spacial score (nSPS) is 13.0. The van der Waals surface area contributed by atoms with Gasteiger partial charge in [-0.1, -0.05) is 36.4 Å². The van der Waals surface area contributed by atoms with Crippen LogP contribution in [0, 0.1) is 0 Å². The Morgan fingerprint density at radius 3 is 2.65 bits per heavy atom. The Kier molecular flexibility index (Phi) is 4.74. The number of rotatable bonds is 5. The van der Waals surface area contributed by atoms with E-state index in [-0.39, 0.29) is 12.2 Å². The molecule has 1 atom stereocenters. The lowest BCUT2D eigenvalue weighted by Gasteiger charge is -2.12. The summed E-state index contributed by atoms with van der Waals surface area (Å²) in [5.41, 5.74) is 1.06. The van der Waals surface area contributed by atoms with Crippen LogP contribution in [-0.2, 0) is 16.1 Å². The molecule has 0 radical (unpaired) electrons. The standard InChI is InChI=1S/C16H16O4/c1-2-13(15(17)14-9-6-10-19-14)16(18)20-11-12-7-4-3-5-8-12/h2-10,15,17H,11H2,1H3/b13-2+/t15-/m0/s1. The molecule has 0 saturated heterocycles. The molecule has 0 unspecified atom stereocenters. The molecular formula is C16H16O4. The van der Waals surface area contributed by atoms with Crippen LogP contribution in [0.25, 0.3) is 0 Å². The summed E-state index contributed by atoms with van der Waals surface area (Å²) < 4.78 is 10.3. The van der Waals surface area contributed by atoms with E-state index in [9.17, 15) is 9.90 Å². The van der Waals surface area contributed by atoms with Crippen LogP contribution in [0.15, 0.2) is 64.8 Å². The summed E-state index contributed by atoms with van der Waals surface area (Å²) in [6, 6.07) is 12.6. The molecule has 20 heavy (non-hydrogen) atoms. The first-order chi connectivity index (χ1) is 9.72. The average molecular weight is 272 g/mol. The SMILES string of the molecule is C/C=C(/C(=O)OCc1ccccc1)[C@H](O)c1ccco1. The van der Waals surface area contributed by atoms with Crippen LogP contribution in [-0.4, -0.2) is 11.1 Å². The topological polar surface area (TPSA) is 59.7 Å². The van der Waals surface area contributed by atoms with Gasteiger partial charge in [-0.05, 0) is 24.6 Å². The minimum absolute atomic E-state index is 0.163. The maximum Gasteiger partial charge on any atom is 0.337 e. The van der Waals surface area contributed by atoms with Gasteiger partial charge in [-0.25, -0.2) is 4.79 Å². The van der Waals surface area contributed by atoms with Crippen LogP contribution < -0.4 is 0 Å². The summed E-state index contributed by atoms with van der Waals surface area (Å²) in [6.07, 6.45) is 1.86. The minimum atomic E-state index is -1.11. The van der Waals surface area contributed by atoms with E-state index in [0.717, 1.165) is 5.56 Å². The molecule has 0 fully saturated rings. The summed E-state index contributed by atoms with van der Waals surface area (Å²) in [7, 11) is 0. The van der Waals surface area contributed by atoms with Crippen molar-refractivity contribution in [3.05, 3.63) is 71.7 Å². The molecule has 0 amide bonds. The Hall–Kier alpha value is -2.33. The first-order valence-electron chi connectivity index (χ1n) is 6.31. The molecule has 1 N–H and O–H groups in total. The van der Waals surface area contributed by atoms with E-state index < -0.39 is 12.1 Å². The third-order valence-corrected chi connectivity index (χ3v) is 2.87. The number of benzene rings is 1. The van der Waals surface area contributed by atoms with Gasteiger partial charge in [-0.3, -0.25) is 0 Å². The van der Waals surface area contributed by atoms with Crippen LogP contribution in [0.4, 0.5) is 0 Å². The van der Waals surface area contributed by atoms with Crippen LogP contribution >= 0.6 is 0 Å². The fourth-order valence-corrected chi connectivity index (χ4v) is 1.79. The van der Waals surface area contributed by atoms with Crippen molar-refractivity contribution in [2.24, 2.45) is 0 Å². The number of ether oxygens (including phenoxy) is 1. The van der Waals surface area contributed by atoms with E-state index in [1.54, 1.807) is 19.1 Å². The zero-order chi connectivity index (χ0) is 14.4. The van der Waals surface area contributed by atoms with Gasteiger partial charge in [0, 0.05) is 0 Å². The third kappa shape index (κ3) is 3.36. The second kappa shape index (κ2) is 6.73. The third-order valence-electron chi connectivity index (χ3n) is 2.87. The summed E-state index contributed by atoms with van der Waals surface area (Å²) in [5, 5.41) is 10.1. The van der Waals surface area contributed by atoms with Crippen molar-refractivity contribution in [2.45, 2.75) is 19.6 Å². The maximum absolute atomic E-state index is 12.0. The monoisotopic (exact) mass is 272 g/mol. The molecule has 0 aliphatic rings. The van der Waals surface area contributed by atoms with E-state index >= 15 is 0 Å². The molecule has 0 aliphatic heterocycles. The van der Waals surface area contributed by atoms with Crippen LogP contribution in [0.2, 0.25) is 0 Å². The fourth-order valence-electron chi connectivity index (χ4n) is 1.79. The number of hydrogen-bond acceptors (Lipinski definition) is 4. The Bertz CT molecular complexity index is 570. The molecule has 2 rings (SSSR count). The number of carbonyl (C=O) groups excluding carboxylic acids is 1. The molecule has 0 bridgehead atoms. The Morgan fingerprint density at radius 1 is 1.30 bits per heavy atom. The molecule has 104 valence electrons. The van der Waals surface area contributed by atoms with Crippen LogP contribution in [0.3, 0.4) is 0 Å². The second-order valence-electron chi connectivity index (χ2n) is 4.22. The number of hydrogen-bond donors (Lipinski definition) is 1. The van der Waals surface area contributed by atoms with Gasteiger partial charge >= 0.3 is 5.97 Å². The molecule has 2 aromatic rings. The highest BCUT2D eigenvalue weighted by molar-refractivity contribution is 5.89. The lowest BCUT2D eigenvalue weighted by molar-refractivity contribution is -0.141. The number of allylic oxidation sites excluding steroid dienone is 1. The van der Waals surface area contributed by atoms with Gasteiger partial charge in [0.05, 0.1) is 11.8 Å². The Labute approximate surface area is 117 Å². The van der Waals surface area contributed by atoms with Gasteiger partial charge < -0.3 is 14.3 Å². The summed E-state index contributed by atoms with van der Waals surface area (Å²) >= 11 is 0. The Balaban J connectivity index is 2.00. The first-order valence-corrected chi connectivity index (χ1v) is 6.31. The Morgan fingerprint density at radius 2 is 2.05 bits per heavy atom. The van der Waals surface area contributed by atoms with Crippen molar-refractivity contribution in [3.8, 4) is 0 Å². The second-order valence-corrected chi connectivity index (χ2v) is 4.22. The van der Waals surface area contributed by atoms with Gasteiger partial charge in [0.15, 0.2) is 0 Å². The number of aliphatic hydroxyl groups is 1. The molecule has 1 aromatic carbocycles. The van der Waals surface area contributed by atoms with Gasteiger partial charge in [0.1, 0.15) is 18.5 Å². The van der Waals surface area contributed by atoms with Crippen LogP contribution in [0.1, 0.15) is 24.4 Å². The smallest absolute Gasteiger partial charge is 0.337 e.